The van der Waals surface area contributed by atoms with Gasteiger partial charge in [-0.3, -0.25) is 9.59 Å². The smallest absolute Gasteiger partial charge is 0.274 e. The lowest BCUT2D eigenvalue weighted by molar-refractivity contribution is -0.117. The zero-order valence-electron chi connectivity index (χ0n) is 13.2. The van der Waals surface area contributed by atoms with Crippen LogP contribution in [0.5, 0.6) is 0 Å². The van der Waals surface area contributed by atoms with Gasteiger partial charge in [0.25, 0.3) is 5.56 Å². The molecule has 3 aromatic rings. The van der Waals surface area contributed by atoms with Gasteiger partial charge in [0, 0.05) is 18.9 Å². The number of hydrogen-bond acceptors (Lipinski definition) is 3. The third-order valence-corrected chi connectivity index (χ3v) is 3.88. The lowest BCUT2D eigenvalue weighted by Gasteiger charge is -2.08. The van der Waals surface area contributed by atoms with Crippen LogP contribution in [-0.2, 0) is 24.7 Å². The normalized spacial score (nSPS) is 10.9. The van der Waals surface area contributed by atoms with E-state index < -0.39 is 0 Å². The molecule has 0 unspecified atom stereocenters. The van der Waals surface area contributed by atoms with Gasteiger partial charge >= 0.3 is 0 Å². The first kappa shape index (κ1) is 15.2. The Balaban J connectivity index is 1.91. The van der Waals surface area contributed by atoms with Crippen molar-refractivity contribution < 1.29 is 4.79 Å². The van der Waals surface area contributed by atoms with E-state index in [1.807, 2.05) is 49.4 Å². The van der Waals surface area contributed by atoms with Crippen LogP contribution in [0, 0.1) is 6.92 Å². The van der Waals surface area contributed by atoms with Crippen molar-refractivity contribution >= 4 is 16.6 Å². The Morgan fingerprint density at radius 2 is 1.78 bits per heavy atom. The highest BCUT2D eigenvalue weighted by Gasteiger charge is 2.12. The van der Waals surface area contributed by atoms with Gasteiger partial charge < -0.3 is 0 Å². The zero-order chi connectivity index (χ0) is 16.4. The molecule has 0 radical (unpaired) electrons. The monoisotopic (exact) mass is 306 g/mol. The second kappa shape index (κ2) is 6.16. The summed E-state index contributed by atoms with van der Waals surface area (Å²) in [6.45, 7) is 2.01. The minimum atomic E-state index is -0.143. The summed E-state index contributed by atoms with van der Waals surface area (Å²) in [5, 5.41) is 5.64. The van der Waals surface area contributed by atoms with Crippen LogP contribution in [0.25, 0.3) is 10.8 Å². The summed E-state index contributed by atoms with van der Waals surface area (Å²) in [4.78, 5) is 24.5. The highest BCUT2D eigenvalue weighted by atomic mass is 16.1. The molecule has 0 amide bonds. The van der Waals surface area contributed by atoms with Crippen molar-refractivity contribution in [3.05, 3.63) is 75.7 Å². The molecule has 0 saturated carbocycles. The average Bonchev–Trinajstić information content (AvgIpc) is 2.52. The Bertz CT molecular complexity index is 941. The summed E-state index contributed by atoms with van der Waals surface area (Å²) in [5.41, 5.74) is 2.65. The molecule has 0 aliphatic carbocycles. The number of carbonyl (C=O) groups excluding carboxylic acids is 1. The molecule has 23 heavy (non-hydrogen) atoms. The molecule has 0 saturated heterocycles. The first-order chi connectivity index (χ1) is 11.0. The van der Waals surface area contributed by atoms with Gasteiger partial charge in [-0.2, -0.15) is 5.10 Å². The number of aryl methyl sites for hydroxylation is 2. The van der Waals surface area contributed by atoms with E-state index in [9.17, 15) is 9.59 Å². The predicted octanol–water partition coefficient (Wildman–Crippen LogP) is 2.60. The standard InChI is InChI=1S/C19H18N2O2/c1-13-6-5-7-14(10-13)11-15(22)12-18-16-8-3-4-9-17(16)19(23)21(2)20-18/h3-10H,11-12H2,1-2H3. The molecule has 0 aliphatic heterocycles. The van der Waals surface area contributed by atoms with E-state index in [-0.39, 0.29) is 17.8 Å². The predicted molar refractivity (Wildman–Crippen MR) is 90.6 cm³/mol. The quantitative estimate of drug-likeness (QED) is 0.744. The van der Waals surface area contributed by atoms with Gasteiger partial charge in [-0.15, -0.1) is 0 Å². The van der Waals surface area contributed by atoms with E-state index in [4.69, 9.17) is 0 Å². The van der Waals surface area contributed by atoms with Crippen LogP contribution in [0.4, 0.5) is 0 Å². The number of ketones is 1. The fourth-order valence-corrected chi connectivity index (χ4v) is 2.81. The Labute approximate surface area is 134 Å². The van der Waals surface area contributed by atoms with Crippen molar-refractivity contribution in [3.63, 3.8) is 0 Å². The highest BCUT2D eigenvalue weighted by Crippen LogP contribution is 2.15. The fraction of sp³-hybridized carbons (Fsp3) is 0.211. The van der Waals surface area contributed by atoms with Crippen LogP contribution < -0.4 is 5.56 Å². The lowest BCUT2D eigenvalue weighted by atomic mass is 10.0. The molecule has 1 heterocycles. The van der Waals surface area contributed by atoms with Crippen LogP contribution in [0.15, 0.2) is 53.3 Å². The fourth-order valence-electron chi connectivity index (χ4n) is 2.81. The summed E-state index contributed by atoms with van der Waals surface area (Å²) >= 11 is 0. The lowest BCUT2D eigenvalue weighted by Crippen LogP contribution is -2.22. The molecule has 0 fully saturated rings. The summed E-state index contributed by atoms with van der Waals surface area (Å²) in [7, 11) is 1.61. The summed E-state index contributed by atoms with van der Waals surface area (Å²) in [6.07, 6.45) is 0.600. The molecular formula is C19H18N2O2. The summed E-state index contributed by atoms with van der Waals surface area (Å²) < 4.78 is 1.30. The van der Waals surface area contributed by atoms with Crippen molar-refractivity contribution in [2.75, 3.05) is 0 Å². The molecular weight excluding hydrogens is 288 g/mol. The number of nitrogens with zero attached hydrogens (tertiary/aromatic N) is 2. The van der Waals surface area contributed by atoms with Crippen LogP contribution in [0.1, 0.15) is 16.8 Å². The van der Waals surface area contributed by atoms with Gasteiger partial charge in [0.05, 0.1) is 17.5 Å². The molecule has 0 atom stereocenters. The zero-order valence-corrected chi connectivity index (χ0v) is 13.2. The maximum Gasteiger partial charge on any atom is 0.274 e. The van der Waals surface area contributed by atoms with Gasteiger partial charge in [0.2, 0.25) is 0 Å². The molecule has 1 aromatic heterocycles. The van der Waals surface area contributed by atoms with Crippen molar-refractivity contribution in [1.29, 1.82) is 0 Å². The molecule has 0 bridgehead atoms. The number of rotatable bonds is 4. The summed E-state index contributed by atoms with van der Waals surface area (Å²) in [5.74, 6) is 0.0897. The molecule has 3 rings (SSSR count). The second-order valence-corrected chi connectivity index (χ2v) is 5.80. The topological polar surface area (TPSA) is 52.0 Å². The Kier molecular flexibility index (Phi) is 4.06. The SMILES string of the molecule is Cc1cccc(CC(=O)Cc2nn(C)c(=O)c3ccccc23)c1. The van der Waals surface area contributed by atoms with Crippen LogP contribution in [0.2, 0.25) is 0 Å². The van der Waals surface area contributed by atoms with Gasteiger partial charge in [0.15, 0.2) is 0 Å². The van der Waals surface area contributed by atoms with Crippen LogP contribution in [0.3, 0.4) is 0 Å². The Hall–Kier alpha value is -2.75. The highest BCUT2D eigenvalue weighted by molar-refractivity contribution is 5.89. The number of hydrogen-bond donors (Lipinski definition) is 0. The molecule has 4 heteroatoms. The van der Waals surface area contributed by atoms with E-state index in [1.165, 1.54) is 4.68 Å². The minimum Gasteiger partial charge on any atom is -0.299 e. The number of Topliss-reactive ketones (excluding diaryl/α,β-unsaturated/α-hetero) is 1. The summed E-state index contributed by atoms with van der Waals surface area (Å²) in [6, 6.07) is 15.2. The van der Waals surface area contributed by atoms with E-state index in [0.29, 0.717) is 17.5 Å². The van der Waals surface area contributed by atoms with Gasteiger partial charge in [0.1, 0.15) is 5.78 Å². The second-order valence-electron chi connectivity index (χ2n) is 5.80. The first-order valence-electron chi connectivity index (χ1n) is 7.57. The number of carbonyl (C=O) groups is 1. The molecule has 0 spiro atoms. The van der Waals surface area contributed by atoms with Crippen molar-refractivity contribution in [2.45, 2.75) is 19.8 Å². The Morgan fingerprint density at radius 3 is 2.52 bits per heavy atom. The maximum absolute atomic E-state index is 12.4. The van der Waals surface area contributed by atoms with E-state index in [2.05, 4.69) is 5.10 Å². The third-order valence-electron chi connectivity index (χ3n) is 3.88. The third kappa shape index (κ3) is 3.21. The van der Waals surface area contributed by atoms with Crippen LogP contribution in [-0.4, -0.2) is 15.6 Å². The molecule has 0 N–H and O–H groups in total. The number of benzene rings is 2. The minimum absolute atomic E-state index is 0.0897. The van der Waals surface area contributed by atoms with E-state index in [1.54, 1.807) is 13.1 Å². The Morgan fingerprint density at radius 1 is 1.04 bits per heavy atom. The van der Waals surface area contributed by atoms with E-state index in [0.717, 1.165) is 16.5 Å². The maximum atomic E-state index is 12.4. The van der Waals surface area contributed by atoms with E-state index >= 15 is 0 Å². The van der Waals surface area contributed by atoms with Crippen LogP contribution >= 0.6 is 0 Å². The van der Waals surface area contributed by atoms with Crippen molar-refractivity contribution in [1.82, 2.24) is 9.78 Å². The molecule has 116 valence electrons. The van der Waals surface area contributed by atoms with Crippen molar-refractivity contribution in [2.24, 2.45) is 7.05 Å². The van der Waals surface area contributed by atoms with Gasteiger partial charge in [-0.1, -0.05) is 48.0 Å². The average molecular weight is 306 g/mol. The molecule has 0 aliphatic rings. The number of fused-ring (bicyclic) bond motifs is 1. The molecule has 2 aromatic carbocycles. The van der Waals surface area contributed by atoms with Gasteiger partial charge in [-0.25, -0.2) is 4.68 Å². The van der Waals surface area contributed by atoms with Crippen molar-refractivity contribution in [3.8, 4) is 0 Å². The molecule has 4 nitrogen and oxygen atoms in total. The number of aromatic nitrogens is 2. The largest absolute Gasteiger partial charge is 0.299 e. The van der Waals surface area contributed by atoms with Gasteiger partial charge in [-0.05, 0) is 18.6 Å². The first-order valence-corrected chi connectivity index (χ1v) is 7.57.